The van der Waals surface area contributed by atoms with E-state index in [1.54, 1.807) is 12.1 Å². The first kappa shape index (κ1) is 9.84. The molecule has 0 unspecified atom stereocenters. The Morgan fingerprint density at radius 3 is 2.92 bits per heavy atom. The van der Waals surface area contributed by atoms with Crippen LogP contribution in [0.5, 0.6) is 0 Å². The molecule has 1 rings (SSSR count). The molecule has 0 aliphatic rings. The van der Waals surface area contributed by atoms with Crippen molar-refractivity contribution in [3.8, 4) is 0 Å². The van der Waals surface area contributed by atoms with E-state index < -0.39 is 0 Å². The lowest BCUT2D eigenvalue weighted by molar-refractivity contribution is 0.608. The Kier molecular flexibility index (Phi) is 3.85. The second-order valence-corrected chi connectivity index (χ2v) is 3.33. The van der Waals surface area contributed by atoms with Gasteiger partial charge in [-0.25, -0.2) is 4.39 Å². The average Bonchev–Trinajstić information content (AvgIpc) is 2.04. The second kappa shape index (κ2) is 4.70. The third-order valence-corrected chi connectivity index (χ3v) is 2.24. The largest absolute Gasteiger partial charge is 0.260 e. The molecule has 1 nitrogen and oxygen atoms in total. The molecule has 1 aromatic carbocycles. The number of halogens is 2. The van der Waals surface area contributed by atoms with Crippen LogP contribution in [0.4, 0.5) is 4.39 Å². The molecule has 1 N–H and O–H groups in total. The van der Waals surface area contributed by atoms with E-state index in [0.717, 1.165) is 0 Å². The predicted octanol–water partition coefficient (Wildman–Crippen LogP) is 2.85. The van der Waals surface area contributed by atoms with Gasteiger partial charge in [-0.3, -0.25) is 4.72 Å². The molecule has 0 amide bonds. The molecule has 66 valence electrons. The predicted molar refractivity (Wildman–Crippen MR) is 51.8 cm³/mol. The number of benzene rings is 1. The maximum Gasteiger partial charge on any atom is 0.129 e. The Hall–Kier alpha value is -0.250. The highest BCUT2D eigenvalue weighted by Gasteiger charge is 2.04. The zero-order valence-electron chi connectivity index (χ0n) is 6.60. The third kappa shape index (κ3) is 2.37. The van der Waals surface area contributed by atoms with Gasteiger partial charge >= 0.3 is 0 Å². The van der Waals surface area contributed by atoms with E-state index in [2.05, 4.69) is 4.72 Å². The Morgan fingerprint density at radius 2 is 2.33 bits per heavy atom. The van der Waals surface area contributed by atoms with Crippen LogP contribution in [0.15, 0.2) is 18.2 Å². The molecule has 1 aromatic rings. The highest BCUT2D eigenvalue weighted by atomic mass is 35.5. The molecule has 0 bridgehead atoms. The van der Waals surface area contributed by atoms with Gasteiger partial charge in [0.25, 0.3) is 0 Å². The fraction of sp³-hybridized carbons (Fsp3) is 0.250. The van der Waals surface area contributed by atoms with Gasteiger partial charge in [-0.2, -0.15) is 0 Å². The topological polar surface area (TPSA) is 12.0 Å². The molecule has 0 aromatic heterocycles. The van der Waals surface area contributed by atoms with Gasteiger partial charge in [0.15, 0.2) is 0 Å². The quantitative estimate of drug-likeness (QED) is 0.762. The molecule has 0 aliphatic carbocycles. The van der Waals surface area contributed by atoms with Gasteiger partial charge in [-0.15, -0.1) is 0 Å². The monoisotopic (exact) mass is 205 g/mol. The maximum absolute atomic E-state index is 13.0. The van der Waals surface area contributed by atoms with Crippen molar-refractivity contribution in [2.24, 2.45) is 0 Å². The zero-order valence-corrected chi connectivity index (χ0v) is 8.18. The Bertz CT molecular complexity index is 247. The second-order valence-electron chi connectivity index (χ2n) is 2.23. The summed E-state index contributed by atoms with van der Waals surface area (Å²) in [6.07, 6.45) is 1.88. The SMILES string of the molecule is CSNCc1c(F)cccc1Cl. The van der Waals surface area contributed by atoms with Gasteiger partial charge in [-0.05, 0) is 18.4 Å². The van der Waals surface area contributed by atoms with E-state index in [1.165, 1.54) is 18.0 Å². The van der Waals surface area contributed by atoms with Crippen LogP contribution in [-0.4, -0.2) is 6.26 Å². The standard InChI is InChI=1S/C8H9ClFNS/c1-12-11-5-6-7(9)3-2-4-8(6)10/h2-4,11H,5H2,1H3. The van der Waals surface area contributed by atoms with E-state index >= 15 is 0 Å². The summed E-state index contributed by atoms with van der Waals surface area (Å²) < 4.78 is 16.0. The number of nitrogens with one attached hydrogen (secondary N) is 1. The zero-order chi connectivity index (χ0) is 8.97. The van der Waals surface area contributed by atoms with Crippen LogP contribution >= 0.6 is 23.5 Å². The van der Waals surface area contributed by atoms with Crippen molar-refractivity contribution in [1.82, 2.24) is 4.72 Å². The first-order chi connectivity index (χ1) is 5.75. The third-order valence-electron chi connectivity index (χ3n) is 1.45. The van der Waals surface area contributed by atoms with Gasteiger partial charge in [0.05, 0.1) is 0 Å². The number of rotatable bonds is 3. The summed E-state index contributed by atoms with van der Waals surface area (Å²) in [6, 6.07) is 4.69. The molecule has 4 heteroatoms. The highest BCUT2D eigenvalue weighted by molar-refractivity contribution is 7.96. The molecular weight excluding hydrogens is 197 g/mol. The first-order valence-electron chi connectivity index (χ1n) is 3.44. The Balaban J connectivity index is 2.81. The highest BCUT2D eigenvalue weighted by Crippen LogP contribution is 2.18. The maximum atomic E-state index is 13.0. The lowest BCUT2D eigenvalue weighted by Gasteiger charge is -2.04. The minimum Gasteiger partial charge on any atom is -0.260 e. The number of hydrogen-bond acceptors (Lipinski definition) is 2. The molecule has 0 spiro atoms. The number of hydrogen-bond donors (Lipinski definition) is 1. The molecule has 0 saturated heterocycles. The average molecular weight is 206 g/mol. The van der Waals surface area contributed by atoms with Crippen molar-refractivity contribution in [3.63, 3.8) is 0 Å². The van der Waals surface area contributed by atoms with Gasteiger partial charge in [0, 0.05) is 17.1 Å². The van der Waals surface area contributed by atoms with Gasteiger partial charge in [0.2, 0.25) is 0 Å². The van der Waals surface area contributed by atoms with E-state index in [4.69, 9.17) is 11.6 Å². The van der Waals surface area contributed by atoms with Crippen LogP contribution in [0.2, 0.25) is 5.02 Å². The van der Waals surface area contributed by atoms with Crippen molar-refractivity contribution in [2.75, 3.05) is 6.26 Å². The summed E-state index contributed by atoms with van der Waals surface area (Å²) in [5, 5.41) is 0.469. The normalized spacial score (nSPS) is 10.2. The summed E-state index contributed by atoms with van der Waals surface area (Å²) >= 11 is 7.21. The molecule has 12 heavy (non-hydrogen) atoms. The fourth-order valence-electron chi connectivity index (χ4n) is 0.846. The summed E-state index contributed by atoms with van der Waals surface area (Å²) in [4.78, 5) is 0. The van der Waals surface area contributed by atoms with E-state index in [0.29, 0.717) is 17.1 Å². The van der Waals surface area contributed by atoms with E-state index in [1.807, 2.05) is 6.26 Å². The summed E-state index contributed by atoms with van der Waals surface area (Å²) in [7, 11) is 0. The Labute approximate surface area is 80.4 Å². The van der Waals surface area contributed by atoms with Crippen LogP contribution in [0.3, 0.4) is 0 Å². The smallest absolute Gasteiger partial charge is 0.129 e. The molecular formula is C8H9ClFNS. The van der Waals surface area contributed by atoms with Crippen LogP contribution in [0.1, 0.15) is 5.56 Å². The molecule has 0 aliphatic heterocycles. The first-order valence-corrected chi connectivity index (χ1v) is 5.04. The van der Waals surface area contributed by atoms with Crippen LogP contribution in [0.25, 0.3) is 0 Å². The molecule has 0 heterocycles. The summed E-state index contributed by atoms with van der Waals surface area (Å²) in [6.45, 7) is 0.451. The minimum atomic E-state index is -0.260. The van der Waals surface area contributed by atoms with Gasteiger partial charge in [0.1, 0.15) is 5.82 Å². The van der Waals surface area contributed by atoms with Crippen LogP contribution in [-0.2, 0) is 6.54 Å². The van der Waals surface area contributed by atoms with E-state index in [-0.39, 0.29) is 5.82 Å². The van der Waals surface area contributed by atoms with Crippen molar-refractivity contribution in [1.29, 1.82) is 0 Å². The van der Waals surface area contributed by atoms with Gasteiger partial charge < -0.3 is 0 Å². The molecule has 0 fully saturated rings. The van der Waals surface area contributed by atoms with Crippen molar-refractivity contribution < 1.29 is 4.39 Å². The van der Waals surface area contributed by atoms with Crippen LogP contribution < -0.4 is 4.72 Å². The molecule has 0 radical (unpaired) electrons. The lowest BCUT2D eigenvalue weighted by Crippen LogP contribution is -2.04. The summed E-state index contributed by atoms with van der Waals surface area (Å²) in [5.74, 6) is -0.260. The Morgan fingerprint density at radius 1 is 1.58 bits per heavy atom. The van der Waals surface area contributed by atoms with Crippen molar-refractivity contribution in [3.05, 3.63) is 34.6 Å². The fourth-order valence-corrected chi connectivity index (χ4v) is 1.36. The van der Waals surface area contributed by atoms with Gasteiger partial charge in [-0.1, -0.05) is 29.6 Å². The van der Waals surface area contributed by atoms with Crippen molar-refractivity contribution >= 4 is 23.5 Å². The summed E-state index contributed by atoms with van der Waals surface area (Å²) in [5.41, 5.74) is 0.522. The lowest BCUT2D eigenvalue weighted by atomic mass is 10.2. The van der Waals surface area contributed by atoms with Crippen molar-refractivity contribution in [2.45, 2.75) is 6.54 Å². The minimum absolute atomic E-state index is 0.260. The van der Waals surface area contributed by atoms with Crippen LogP contribution in [0, 0.1) is 5.82 Å². The molecule has 0 saturated carbocycles. The molecule has 0 atom stereocenters. The van der Waals surface area contributed by atoms with E-state index in [9.17, 15) is 4.39 Å².